The first-order chi connectivity index (χ1) is 13.7. The first kappa shape index (κ1) is 21.8. The monoisotopic (exact) mass is 566 g/mol. The van der Waals surface area contributed by atoms with E-state index in [1.165, 1.54) is 22.9 Å². The van der Waals surface area contributed by atoms with Crippen molar-refractivity contribution in [2.24, 2.45) is 4.99 Å². The van der Waals surface area contributed by atoms with Crippen LogP contribution in [0.3, 0.4) is 0 Å². The van der Waals surface area contributed by atoms with Crippen molar-refractivity contribution in [1.29, 1.82) is 0 Å². The number of guanidine groups is 1. The van der Waals surface area contributed by atoms with E-state index in [1.807, 2.05) is 23.0 Å². The van der Waals surface area contributed by atoms with Gasteiger partial charge in [0.1, 0.15) is 12.1 Å². The zero-order chi connectivity index (χ0) is 19.4. The van der Waals surface area contributed by atoms with Crippen molar-refractivity contribution in [2.45, 2.75) is 24.8 Å². The lowest BCUT2D eigenvalue weighted by atomic mass is 9.96. The molecule has 1 aliphatic rings. The lowest BCUT2D eigenvalue weighted by Crippen LogP contribution is -2.41. The molecule has 2 aromatic heterocycles. The summed E-state index contributed by atoms with van der Waals surface area (Å²) in [5, 5.41) is 6.86. The van der Waals surface area contributed by atoms with Gasteiger partial charge in [0, 0.05) is 48.6 Å². The average Bonchev–Trinajstić information content (AvgIpc) is 3.31. The van der Waals surface area contributed by atoms with Crippen LogP contribution in [0.2, 0.25) is 0 Å². The summed E-state index contributed by atoms with van der Waals surface area (Å²) in [4.78, 5) is 12.9. The maximum Gasteiger partial charge on any atom is 0.191 e. The molecule has 0 aliphatic heterocycles. The van der Waals surface area contributed by atoms with Gasteiger partial charge in [0.15, 0.2) is 5.96 Å². The lowest BCUT2D eigenvalue weighted by Gasteiger charge is -2.20. The summed E-state index contributed by atoms with van der Waals surface area (Å²) in [7, 11) is 1.80. The standard InChI is InChI=1S/C21H23BrN6.HI/c1-23-20(27-14-21(8-9-21)17-4-2-3-5-18(17)22)26-13-16-6-7-19(25-12-16)28-11-10-24-15-28;/h2-7,10-12,15H,8-9,13-14H2,1H3,(H2,23,26,27);1H. The van der Waals surface area contributed by atoms with Crippen molar-refractivity contribution >= 4 is 45.9 Å². The van der Waals surface area contributed by atoms with Crippen LogP contribution in [0.15, 0.2) is 70.8 Å². The molecule has 1 saturated carbocycles. The topological polar surface area (TPSA) is 67.1 Å². The van der Waals surface area contributed by atoms with Gasteiger partial charge in [-0.05, 0) is 36.1 Å². The van der Waals surface area contributed by atoms with Gasteiger partial charge < -0.3 is 10.6 Å². The molecule has 1 aromatic carbocycles. The third-order valence-corrected chi connectivity index (χ3v) is 5.85. The number of halogens is 2. The fraction of sp³-hybridized carbons (Fsp3) is 0.286. The number of aliphatic imine (C=N–C) groups is 1. The van der Waals surface area contributed by atoms with Crippen LogP contribution in [0, 0.1) is 0 Å². The molecule has 0 spiro atoms. The minimum Gasteiger partial charge on any atom is -0.356 e. The molecule has 0 saturated heterocycles. The first-order valence-corrected chi connectivity index (χ1v) is 10.1. The zero-order valence-electron chi connectivity index (χ0n) is 16.2. The number of hydrogen-bond acceptors (Lipinski definition) is 3. The molecule has 6 nitrogen and oxygen atoms in total. The van der Waals surface area contributed by atoms with Gasteiger partial charge >= 0.3 is 0 Å². The van der Waals surface area contributed by atoms with E-state index >= 15 is 0 Å². The molecule has 2 N–H and O–H groups in total. The van der Waals surface area contributed by atoms with Crippen LogP contribution in [0.4, 0.5) is 0 Å². The SMILES string of the molecule is CN=C(NCc1ccc(-n2ccnc2)nc1)NCC1(c2ccccc2Br)CC1.I. The van der Waals surface area contributed by atoms with Crippen LogP contribution in [0.5, 0.6) is 0 Å². The number of imidazole rings is 1. The smallest absolute Gasteiger partial charge is 0.191 e. The molecular weight excluding hydrogens is 543 g/mol. The first-order valence-electron chi connectivity index (χ1n) is 9.33. The fourth-order valence-corrected chi connectivity index (χ4v) is 4.02. The van der Waals surface area contributed by atoms with Crippen LogP contribution < -0.4 is 10.6 Å². The van der Waals surface area contributed by atoms with Crippen LogP contribution in [-0.2, 0) is 12.0 Å². The summed E-state index contributed by atoms with van der Waals surface area (Å²) in [5.41, 5.74) is 2.67. The summed E-state index contributed by atoms with van der Waals surface area (Å²) in [5.74, 6) is 1.66. The molecule has 0 bridgehead atoms. The second-order valence-electron chi connectivity index (χ2n) is 7.03. The predicted molar refractivity (Wildman–Crippen MR) is 130 cm³/mol. The number of pyridine rings is 1. The molecule has 152 valence electrons. The number of aromatic nitrogens is 3. The Balaban J connectivity index is 0.00000240. The van der Waals surface area contributed by atoms with Crippen LogP contribution in [0.1, 0.15) is 24.0 Å². The van der Waals surface area contributed by atoms with Gasteiger partial charge in [0.25, 0.3) is 0 Å². The summed E-state index contributed by atoms with van der Waals surface area (Å²) < 4.78 is 3.07. The third kappa shape index (κ3) is 5.16. The molecule has 29 heavy (non-hydrogen) atoms. The molecular formula is C21H24BrIN6. The van der Waals surface area contributed by atoms with E-state index < -0.39 is 0 Å². The Hall–Kier alpha value is -1.94. The molecule has 0 unspecified atom stereocenters. The highest BCUT2D eigenvalue weighted by molar-refractivity contribution is 14.0. The Kier molecular flexibility index (Phi) is 7.28. The Morgan fingerprint density at radius 3 is 2.66 bits per heavy atom. The maximum atomic E-state index is 4.49. The fourth-order valence-electron chi connectivity index (χ4n) is 3.31. The predicted octanol–water partition coefficient (Wildman–Crippen LogP) is 4.04. The number of benzene rings is 1. The zero-order valence-corrected chi connectivity index (χ0v) is 20.1. The summed E-state index contributed by atoms with van der Waals surface area (Å²) in [6.07, 6.45) is 9.63. The maximum absolute atomic E-state index is 4.49. The van der Waals surface area contributed by atoms with E-state index in [2.05, 4.69) is 71.9 Å². The molecule has 8 heteroatoms. The van der Waals surface area contributed by atoms with Crippen LogP contribution in [-0.4, -0.2) is 34.1 Å². The van der Waals surface area contributed by atoms with Crippen molar-refractivity contribution < 1.29 is 0 Å². The minimum atomic E-state index is 0. The molecule has 0 atom stereocenters. The number of hydrogen-bond donors (Lipinski definition) is 2. The second-order valence-corrected chi connectivity index (χ2v) is 7.89. The Morgan fingerprint density at radius 2 is 2.03 bits per heavy atom. The largest absolute Gasteiger partial charge is 0.356 e. The molecule has 1 fully saturated rings. The highest BCUT2D eigenvalue weighted by Gasteiger charge is 2.45. The Morgan fingerprint density at radius 1 is 1.21 bits per heavy atom. The molecule has 4 rings (SSSR count). The van der Waals surface area contributed by atoms with Crippen molar-refractivity contribution in [3.8, 4) is 5.82 Å². The van der Waals surface area contributed by atoms with Crippen molar-refractivity contribution in [2.75, 3.05) is 13.6 Å². The third-order valence-electron chi connectivity index (χ3n) is 5.15. The number of rotatable bonds is 6. The van der Waals surface area contributed by atoms with Gasteiger partial charge in [-0.3, -0.25) is 9.56 Å². The second kappa shape index (κ2) is 9.71. The minimum absolute atomic E-state index is 0. The molecule has 2 heterocycles. The Labute approximate surface area is 196 Å². The van der Waals surface area contributed by atoms with E-state index in [-0.39, 0.29) is 29.4 Å². The van der Waals surface area contributed by atoms with E-state index in [9.17, 15) is 0 Å². The van der Waals surface area contributed by atoms with Crippen molar-refractivity contribution in [3.05, 3.63) is 76.9 Å². The lowest BCUT2D eigenvalue weighted by molar-refractivity contribution is 0.643. The van der Waals surface area contributed by atoms with E-state index in [4.69, 9.17) is 0 Å². The summed E-state index contributed by atoms with van der Waals surface area (Å²) in [6, 6.07) is 12.5. The molecule has 0 amide bonds. The normalized spacial score (nSPS) is 14.8. The quantitative estimate of drug-likeness (QED) is 0.268. The highest BCUT2D eigenvalue weighted by atomic mass is 127. The number of nitrogens with one attached hydrogen (secondary N) is 2. The van der Waals surface area contributed by atoms with E-state index in [0.29, 0.717) is 6.54 Å². The molecule has 3 aromatic rings. The summed E-state index contributed by atoms with van der Waals surface area (Å²) in [6.45, 7) is 1.53. The van der Waals surface area contributed by atoms with E-state index in [1.54, 1.807) is 19.6 Å². The van der Waals surface area contributed by atoms with Gasteiger partial charge in [-0.2, -0.15) is 0 Å². The van der Waals surface area contributed by atoms with Crippen molar-refractivity contribution in [1.82, 2.24) is 25.2 Å². The van der Waals surface area contributed by atoms with Gasteiger partial charge in [-0.15, -0.1) is 24.0 Å². The summed E-state index contributed by atoms with van der Waals surface area (Å²) >= 11 is 3.69. The van der Waals surface area contributed by atoms with Gasteiger partial charge in [0.2, 0.25) is 0 Å². The highest BCUT2D eigenvalue weighted by Crippen LogP contribution is 2.49. The molecule has 0 radical (unpaired) electrons. The average molecular weight is 567 g/mol. The Bertz CT molecular complexity index is 952. The number of nitrogens with zero attached hydrogens (tertiary/aromatic N) is 4. The van der Waals surface area contributed by atoms with Gasteiger partial charge in [0.05, 0.1) is 0 Å². The van der Waals surface area contributed by atoms with Crippen molar-refractivity contribution in [3.63, 3.8) is 0 Å². The van der Waals surface area contributed by atoms with Crippen LogP contribution in [0.25, 0.3) is 5.82 Å². The van der Waals surface area contributed by atoms with Gasteiger partial charge in [-0.25, -0.2) is 9.97 Å². The van der Waals surface area contributed by atoms with Gasteiger partial charge in [-0.1, -0.05) is 40.2 Å². The molecule has 1 aliphatic carbocycles. The van der Waals surface area contributed by atoms with Crippen LogP contribution >= 0.6 is 39.9 Å². The van der Waals surface area contributed by atoms with E-state index in [0.717, 1.165) is 23.9 Å².